The average molecular weight is 520 g/mol. The molecule has 11 heteroatoms. The molecular formula is C24H26ClN3O6S. The second kappa shape index (κ2) is 11.0. The molecule has 1 aliphatic rings. The Hall–Kier alpha value is -3.24. The third kappa shape index (κ3) is 6.89. The molecule has 2 aromatic rings. The number of aromatic carboxylic acids is 1. The predicted molar refractivity (Wildman–Crippen MR) is 134 cm³/mol. The van der Waals surface area contributed by atoms with Crippen LogP contribution < -0.4 is 10.6 Å². The van der Waals surface area contributed by atoms with Crippen molar-refractivity contribution < 1.29 is 29.0 Å². The molecule has 0 bridgehead atoms. The third-order valence-electron chi connectivity index (χ3n) is 4.91. The molecular weight excluding hydrogens is 494 g/mol. The highest BCUT2D eigenvalue weighted by Crippen LogP contribution is 2.44. The molecule has 1 fully saturated rings. The summed E-state index contributed by atoms with van der Waals surface area (Å²) in [6, 6.07) is 11.2. The van der Waals surface area contributed by atoms with Gasteiger partial charge in [0, 0.05) is 22.0 Å². The molecule has 3 amide bonds. The molecule has 1 saturated heterocycles. The summed E-state index contributed by atoms with van der Waals surface area (Å²) in [5, 5.41) is 14.0. The fourth-order valence-corrected chi connectivity index (χ4v) is 5.20. The number of hydrogen-bond donors (Lipinski definition) is 3. The number of esters is 1. The van der Waals surface area contributed by atoms with Gasteiger partial charge in [-0.3, -0.25) is 4.79 Å². The summed E-state index contributed by atoms with van der Waals surface area (Å²) < 4.78 is 5.52. The van der Waals surface area contributed by atoms with Gasteiger partial charge in [-0.2, -0.15) is 0 Å². The van der Waals surface area contributed by atoms with E-state index >= 15 is 0 Å². The van der Waals surface area contributed by atoms with Crippen molar-refractivity contribution in [3.05, 3.63) is 64.7 Å². The van der Waals surface area contributed by atoms with E-state index in [-0.39, 0.29) is 11.3 Å². The van der Waals surface area contributed by atoms with Gasteiger partial charge in [-0.15, -0.1) is 11.8 Å². The summed E-state index contributed by atoms with van der Waals surface area (Å²) in [7, 11) is 0. The normalized spacial score (nSPS) is 17.5. The number of nitrogens with zero attached hydrogens (tertiary/aromatic N) is 1. The van der Waals surface area contributed by atoms with Crippen LogP contribution in [0.5, 0.6) is 0 Å². The summed E-state index contributed by atoms with van der Waals surface area (Å²) in [6.07, 6.45) is 0. The van der Waals surface area contributed by atoms with E-state index in [9.17, 15) is 19.2 Å². The van der Waals surface area contributed by atoms with Gasteiger partial charge >= 0.3 is 18.0 Å². The van der Waals surface area contributed by atoms with Crippen LogP contribution in [0.3, 0.4) is 0 Å². The van der Waals surface area contributed by atoms with E-state index in [2.05, 4.69) is 10.6 Å². The molecule has 0 unspecified atom stereocenters. The van der Waals surface area contributed by atoms with Crippen LogP contribution in [0.25, 0.3) is 0 Å². The molecule has 9 nitrogen and oxygen atoms in total. The number of carbonyl (C=O) groups excluding carboxylic acids is 3. The number of hydrogen-bond acceptors (Lipinski definition) is 6. The van der Waals surface area contributed by atoms with Crippen LogP contribution in [-0.2, 0) is 14.3 Å². The largest absolute Gasteiger partial charge is 0.478 e. The number of carbonyl (C=O) groups is 4. The maximum atomic E-state index is 13.3. The minimum Gasteiger partial charge on any atom is -0.478 e. The Morgan fingerprint density at radius 3 is 2.51 bits per heavy atom. The number of rotatable bonds is 6. The first-order valence-electron chi connectivity index (χ1n) is 10.7. The van der Waals surface area contributed by atoms with Crippen molar-refractivity contribution in [2.75, 3.05) is 17.6 Å². The van der Waals surface area contributed by atoms with Crippen molar-refractivity contribution in [3.8, 4) is 0 Å². The van der Waals surface area contributed by atoms with E-state index in [4.69, 9.17) is 21.4 Å². The van der Waals surface area contributed by atoms with Crippen LogP contribution >= 0.6 is 23.4 Å². The number of halogens is 1. The quantitative estimate of drug-likeness (QED) is 0.490. The highest BCUT2D eigenvalue weighted by atomic mass is 35.5. The number of anilines is 1. The van der Waals surface area contributed by atoms with Gasteiger partial charge in [0.05, 0.1) is 12.1 Å². The molecule has 1 aliphatic heterocycles. The predicted octanol–water partition coefficient (Wildman–Crippen LogP) is 4.14. The first-order valence-corrected chi connectivity index (χ1v) is 12.2. The molecule has 1 heterocycles. The molecule has 0 radical (unpaired) electrons. The number of thioether (sulfide) groups is 1. The molecule has 3 rings (SSSR count). The first-order chi connectivity index (χ1) is 16.5. The fourth-order valence-electron chi connectivity index (χ4n) is 3.43. The Morgan fingerprint density at radius 1 is 1.14 bits per heavy atom. The van der Waals surface area contributed by atoms with Gasteiger partial charge in [0.2, 0.25) is 5.91 Å². The molecule has 3 N–H and O–H groups in total. The van der Waals surface area contributed by atoms with Crippen LogP contribution in [0, 0.1) is 0 Å². The van der Waals surface area contributed by atoms with Gasteiger partial charge in [-0.05, 0) is 45.0 Å². The molecule has 0 spiro atoms. The topological polar surface area (TPSA) is 125 Å². The van der Waals surface area contributed by atoms with Gasteiger partial charge in [0.1, 0.15) is 17.0 Å². The molecule has 2 atom stereocenters. The zero-order valence-electron chi connectivity index (χ0n) is 19.4. The lowest BCUT2D eigenvalue weighted by molar-refractivity contribution is -0.163. The Bertz CT molecular complexity index is 1140. The van der Waals surface area contributed by atoms with Gasteiger partial charge in [-0.25, -0.2) is 14.4 Å². The Balaban J connectivity index is 1.74. The van der Waals surface area contributed by atoms with E-state index in [1.807, 2.05) is 0 Å². The number of carboxylic acid groups (broad SMARTS) is 1. The van der Waals surface area contributed by atoms with Crippen molar-refractivity contribution in [2.24, 2.45) is 0 Å². The van der Waals surface area contributed by atoms with Crippen molar-refractivity contribution in [1.29, 1.82) is 0 Å². The first kappa shape index (κ1) is 26.4. The summed E-state index contributed by atoms with van der Waals surface area (Å²) in [4.78, 5) is 51.0. The summed E-state index contributed by atoms with van der Waals surface area (Å²) >= 11 is 7.76. The summed E-state index contributed by atoms with van der Waals surface area (Å²) in [5.74, 6) is -1.85. The number of amides is 3. The molecule has 0 aliphatic carbocycles. The fraction of sp³-hybridized carbons (Fsp3) is 0.333. The van der Waals surface area contributed by atoms with Crippen molar-refractivity contribution in [1.82, 2.24) is 10.2 Å². The van der Waals surface area contributed by atoms with Crippen LogP contribution in [0.4, 0.5) is 10.5 Å². The number of benzene rings is 2. The van der Waals surface area contributed by atoms with E-state index in [0.717, 1.165) is 0 Å². The third-order valence-corrected chi connectivity index (χ3v) is 6.56. The SMILES string of the molecule is CC(C)(C)OC(=O)[C@@H]1CS[C@H](c2ccccc2Cl)N1C(=O)CNC(=O)Nc1cccc(C(=O)O)c1. The van der Waals surface area contributed by atoms with E-state index in [1.54, 1.807) is 45.0 Å². The molecule has 2 aromatic carbocycles. The van der Waals surface area contributed by atoms with E-state index < -0.39 is 47.4 Å². The van der Waals surface area contributed by atoms with Gasteiger partial charge in [-0.1, -0.05) is 35.9 Å². The maximum absolute atomic E-state index is 13.3. The number of ether oxygens (including phenoxy) is 1. The van der Waals surface area contributed by atoms with Crippen LogP contribution in [0.15, 0.2) is 48.5 Å². The summed E-state index contributed by atoms with van der Waals surface area (Å²) in [6.45, 7) is 4.84. The minimum absolute atomic E-state index is 0.00996. The highest BCUT2D eigenvalue weighted by molar-refractivity contribution is 7.99. The second-order valence-corrected chi connectivity index (χ2v) is 10.3. The van der Waals surface area contributed by atoms with Crippen LogP contribution in [0.2, 0.25) is 5.02 Å². The lowest BCUT2D eigenvalue weighted by atomic mass is 10.1. The molecule has 35 heavy (non-hydrogen) atoms. The maximum Gasteiger partial charge on any atom is 0.335 e. The number of urea groups is 1. The van der Waals surface area contributed by atoms with Crippen molar-refractivity contribution in [2.45, 2.75) is 37.8 Å². The lowest BCUT2D eigenvalue weighted by Crippen LogP contribution is -2.49. The smallest absolute Gasteiger partial charge is 0.335 e. The Labute approximate surface area is 212 Å². The van der Waals surface area contributed by atoms with E-state index in [0.29, 0.717) is 16.3 Å². The zero-order chi connectivity index (χ0) is 25.8. The zero-order valence-corrected chi connectivity index (χ0v) is 21.0. The molecule has 0 aromatic heterocycles. The number of nitrogens with one attached hydrogen (secondary N) is 2. The lowest BCUT2D eigenvalue weighted by Gasteiger charge is -2.31. The van der Waals surface area contributed by atoms with Crippen molar-refractivity contribution in [3.63, 3.8) is 0 Å². The molecule has 186 valence electrons. The highest BCUT2D eigenvalue weighted by Gasteiger charge is 2.44. The van der Waals surface area contributed by atoms with Gasteiger partial charge in [0.25, 0.3) is 0 Å². The van der Waals surface area contributed by atoms with Crippen LogP contribution in [0.1, 0.15) is 42.1 Å². The van der Waals surface area contributed by atoms with Gasteiger partial charge < -0.3 is 25.4 Å². The minimum atomic E-state index is -1.13. The second-order valence-electron chi connectivity index (χ2n) is 8.75. The Morgan fingerprint density at radius 2 is 1.86 bits per heavy atom. The summed E-state index contributed by atoms with van der Waals surface area (Å²) in [5.41, 5.74) is 0.207. The monoisotopic (exact) mass is 519 g/mol. The average Bonchev–Trinajstić information content (AvgIpc) is 3.22. The number of carboxylic acids is 1. The Kier molecular flexibility index (Phi) is 8.29. The van der Waals surface area contributed by atoms with Gasteiger partial charge in [0.15, 0.2) is 0 Å². The van der Waals surface area contributed by atoms with E-state index in [1.165, 1.54) is 40.9 Å². The van der Waals surface area contributed by atoms with Crippen molar-refractivity contribution >= 4 is 52.9 Å². The van der Waals surface area contributed by atoms with Crippen LogP contribution in [-0.4, -0.2) is 57.8 Å². The molecule has 0 saturated carbocycles. The standard InChI is InChI=1S/C24H26ClN3O6S/c1-24(2,3)34-22(32)18-13-35-20(16-9-4-5-10-17(16)25)28(18)19(29)12-26-23(33)27-15-8-6-7-14(11-15)21(30)31/h4-11,18,20H,12-13H2,1-3H3,(H,30,31)(H2,26,27,33)/t18-,20+/m0/s1.